The van der Waals surface area contributed by atoms with Gasteiger partial charge in [0.2, 0.25) is 5.60 Å². The van der Waals surface area contributed by atoms with Crippen molar-refractivity contribution < 1.29 is 35.9 Å². The molecule has 1 aromatic carbocycles. The molecule has 0 bridgehead atoms. The van der Waals surface area contributed by atoms with Crippen LogP contribution in [0.4, 0.5) is 18.9 Å². The Morgan fingerprint density at radius 1 is 1.29 bits per heavy atom. The number of esters is 1. The Bertz CT molecular complexity index is 1370. The fourth-order valence-corrected chi connectivity index (χ4v) is 5.74. The first-order valence-corrected chi connectivity index (χ1v) is 13.5. The Morgan fingerprint density at radius 2 is 1.95 bits per heavy atom. The van der Waals surface area contributed by atoms with Crippen LogP contribution in [-0.2, 0) is 32.5 Å². The summed E-state index contributed by atoms with van der Waals surface area (Å²) in [6, 6.07) is 6.37. The monoisotopic (exact) mass is 576 g/mol. The van der Waals surface area contributed by atoms with E-state index in [0.717, 1.165) is 18.2 Å². The molecule has 0 aliphatic carbocycles. The highest BCUT2D eigenvalue weighted by Gasteiger charge is 2.50. The minimum Gasteiger partial charge on any atom is -0.486 e. The second kappa shape index (κ2) is 10.3. The van der Waals surface area contributed by atoms with Crippen molar-refractivity contribution in [2.75, 3.05) is 10.8 Å². The van der Waals surface area contributed by atoms with Crippen LogP contribution in [0.15, 0.2) is 29.3 Å². The molecular formula is C24H28ClF3N4O5S. The number of hydrogen-bond acceptors (Lipinski definition) is 7. The van der Waals surface area contributed by atoms with E-state index in [-0.39, 0.29) is 40.0 Å². The van der Waals surface area contributed by atoms with Crippen molar-refractivity contribution in [3.05, 3.63) is 35.1 Å². The van der Waals surface area contributed by atoms with Crippen LogP contribution in [0.5, 0.6) is 5.75 Å². The van der Waals surface area contributed by atoms with Gasteiger partial charge in [-0.15, -0.1) is 0 Å². The van der Waals surface area contributed by atoms with E-state index in [1.165, 1.54) is 29.1 Å². The molecule has 2 aromatic rings. The average Bonchev–Trinajstić information content (AvgIpc) is 3.19. The average molecular weight is 577 g/mol. The van der Waals surface area contributed by atoms with Gasteiger partial charge in [0.15, 0.2) is 5.15 Å². The molecule has 0 saturated heterocycles. The molecule has 1 aliphatic heterocycles. The van der Waals surface area contributed by atoms with Gasteiger partial charge in [0.05, 0.1) is 30.1 Å². The van der Waals surface area contributed by atoms with E-state index in [4.69, 9.17) is 16.3 Å². The summed E-state index contributed by atoms with van der Waals surface area (Å²) in [6.45, 7) is 6.83. The van der Waals surface area contributed by atoms with E-state index >= 15 is 0 Å². The molecule has 9 nitrogen and oxygen atoms in total. The summed E-state index contributed by atoms with van der Waals surface area (Å²) < 4.78 is 80.0. The molecule has 1 aromatic heterocycles. The zero-order chi connectivity index (χ0) is 28.7. The Hall–Kier alpha value is -2.98. The molecule has 0 radical (unpaired) electrons. The number of nitriles is 1. The molecule has 3 rings (SSSR count). The van der Waals surface area contributed by atoms with Crippen molar-refractivity contribution in [1.29, 1.82) is 5.26 Å². The maximum atomic E-state index is 13.8. The molecule has 1 atom stereocenters. The number of aromatic nitrogens is 2. The van der Waals surface area contributed by atoms with Crippen molar-refractivity contribution in [2.24, 2.45) is 5.41 Å². The van der Waals surface area contributed by atoms with Gasteiger partial charge in [-0.1, -0.05) is 17.7 Å². The van der Waals surface area contributed by atoms with Gasteiger partial charge in [-0.3, -0.25) is 13.8 Å². The first-order valence-electron chi connectivity index (χ1n) is 11.7. The fraction of sp³-hybridized carbons (Fsp3) is 0.542. The van der Waals surface area contributed by atoms with Crippen molar-refractivity contribution in [2.45, 2.75) is 76.8 Å². The van der Waals surface area contributed by atoms with Gasteiger partial charge in [0.1, 0.15) is 16.7 Å². The molecule has 0 spiro atoms. The number of ether oxygens (including phenoxy) is 2. The maximum absolute atomic E-state index is 13.8. The third kappa shape index (κ3) is 6.18. The summed E-state index contributed by atoms with van der Waals surface area (Å²) in [4.78, 5) is 12.1. The second-order valence-electron chi connectivity index (χ2n) is 10.1. The number of benzene rings is 1. The number of halogens is 4. The molecule has 2 heterocycles. The Kier molecular flexibility index (Phi) is 8.01. The highest BCUT2D eigenvalue weighted by atomic mass is 35.5. The highest BCUT2D eigenvalue weighted by molar-refractivity contribution is 7.93. The standard InChI is InChI=1S/C24H28ClF3N4O5S/c1-6-31-13-19(21(25)30-31)38(34,35)32-12-16(11-22(2,3)14-29)36-18-8-7-15(9-17(18)32)10-20(33)37-23(4,5)24(26,27)28/h7-9,13,16H,6,10-12H2,1-5H3/t16-/m1/s1. The number of fused-ring (bicyclic) bond motifs is 1. The van der Waals surface area contributed by atoms with Crippen LogP contribution in [0.2, 0.25) is 5.15 Å². The zero-order valence-corrected chi connectivity index (χ0v) is 23.0. The summed E-state index contributed by atoms with van der Waals surface area (Å²) in [5, 5.41) is 13.2. The van der Waals surface area contributed by atoms with Gasteiger partial charge in [-0.2, -0.15) is 23.5 Å². The Balaban J connectivity index is 2.01. The highest BCUT2D eigenvalue weighted by Crippen LogP contribution is 2.41. The number of aryl methyl sites for hydroxylation is 1. The van der Waals surface area contributed by atoms with E-state index in [1.807, 2.05) is 0 Å². The van der Waals surface area contributed by atoms with Gasteiger partial charge in [0.25, 0.3) is 10.0 Å². The van der Waals surface area contributed by atoms with Crippen LogP contribution >= 0.6 is 11.6 Å². The topological polar surface area (TPSA) is 115 Å². The second-order valence-corrected chi connectivity index (χ2v) is 12.3. The van der Waals surface area contributed by atoms with Crippen LogP contribution in [0, 0.1) is 16.7 Å². The quantitative estimate of drug-likeness (QED) is 0.411. The molecule has 0 fully saturated rings. The number of alkyl halides is 3. The number of rotatable bonds is 8. The van der Waals surface area contributed by atoms with Crippen LogP contribution in [0.25, 0.3) is 0 Å². The maximum Gasteiger partial charge on any atom is 0.427 e. The summed E-state index contributed by atoms with van der Waals surface area (Å²) in [5.74, 6) is -0.982. The van der Waals surface area contributed by atoms with Crippen LogP contribution < -0.4 is 9.04 Å². The Morgan fingerprint density at radius 3 is 2.50 bits per heavy atom. The third-order valence-electron chi connectivity index (χ3n) is 5.97. The number of anilines is 1. The molecule has 0 unspecified atom stereocenters. The van der Waals surface area contributed by atoms with Crippen LogP contribution in [-0.4, -0.2) is 48.6 Å². The number of nitrogens with zero attached hydrogens (tertiary/aromatic N) is 4. The van der Waals surface area contributed by atoms with Crippen molar-refractivity contribution in [3.63, 3.8) is 0 Å². The summed E-state index contributed by atoms with van der Waals surface area (Å²) in [7, 11) is -4.29. The van der Waals surface area contributed by atoms with Crippen LogP contribution in [0.1, 0.15) is 46.6 Å². The number of hydrogen-bond donors (Lipinski definition) is 0. The normalized spacial score (nSPS) is 16.4. The predicted molar refractivity (Wildman–Crippen MR) is 132 cm³/mol. The smallest absolute Gasteiger partial charge is 0.427 e. The minimum atomic E-state index is -4.77. The SMILES string of the molecule is CCn1cc(S(=O)(=O)N2C[C@@H](CC(C)(C)C#N)Oc3ccc(CC(=O)OC(C)(C)C(F)(F)F)cc32)c(Cl)n1. The third-order valence-corrected chi connectivity index (χ3v) is 8.15. The predicted octanol–water partition coefficient (Wildman–Crippen LogP) is 4.88. The molecule has 0 saturated carbocycles. The van der Waals surface area contributed by atoms with Crippen molar-refractivity contribution in [1.82, 2.24) is 9.78 Å². The molecule has 0 N–H and O–H groups in total. The van der Waals surface area contributed by atoms with Gasteiger partial charge >= 0.3 is 12.1 Å². The lowest BCUT2D eigenvalue weighted by molar-refractivity contribution is -0.257. The lowest BCUT2D eigenvalue weighted by Gasteiger charge is -2.37. The van der Waals surface area contributed by atoms with E-state index in [2.05, 4.69) is 15.9 Å². The first kappa shape index (κ1) is 29.6. The van der Waals surface area contributed by atoms with E-state index in [9.17, 15) is 31.6 Å². The zero-order valence-electron chi connectivity index (χ0n) is 21.5. The van der Waals surface area contributed by atoms with Crippen molar-refractivity contribution >= 4 is 33.3 Å². The molecule has 14 heteroatoms. The molecule has 208 valence electrons. The number of sulfonamides is 1. The minimum absolute atomic E-state index is 0.0664. The molecule has 38 heavy (non-hydrogen) atoms. The number of carbonyl (C=O) groups excluding carboxylic acids is 1. The van der Waals surface area contributed by atoms with Gasteiger partial charge < -0.3 is 9.47 Å². The van der Waals surface area contributed by atoms with Gasteiger partial charge in [-0.25, -0.2) is 8.42 Å². The van der Waals surface area contributed by atoms with E-state index in [1.54, 1.807) is 20.8 Å². The number of carbonyl (C=O) groups is 1. The lowest BCUT2D eigenvalue weighted by Crippen LogP contribution is -2.45. The fourth-order valence-electron chi connectivity index (χ4n) is 3.79. The van der Waals surface area contributed by atoms with Crippen molar-refractivity contribution in [3.8, 4) is 11.8 Å². The summed E-state index contributed by atoms with van der Waals surface area (Å²) in [6.07, 6.45) is -4.51. The molecule has 0 amide bonds. The van der Waals surface area contributed by atoms with E-state index < -0.39 is 45.7 Å². The van der Waals surface area contributed by atoms with Gasteiger partial charge in [-0.05, 0) is 52.3 Å². The molecular weight excluding hydrogens is 549 g/mol. The van der Waals surface area contributed by atoms with E-state index in [0.29, 0.717) is 6.54 Å². The summed E-state index contributed by atoms with van der Waals surface area (Å²) >= 11 is 6.15. The molecule has 1 aliphatic rings. The summed E-state index contributed by atoms with van der Waals surface area (Å²) in [5.41, 5.74) is -3.25. The van der Waals surface area contributed by atoms with Crippen LogP contribution in [0.3, 0.4) is 0 Å². The van der Waals surface area contributed by atoms with Gasteiger partial charge in [0, 0.05) is 19.2 Å². The largest absolute Gasteiger partial charge is 0.486 e. The lowest BCUT2D eigenvalue weighted by atomic mass is 9.88. The first-order chi connectivity index (χ1) is 17.4. The Labute approximate surface area is 224 Å².